The average molecular weight is 286 g/mol. The molecule has 3 heteroatoms. The molecule has 3 atom stereocenters. The second-order valence-corrected chi connectivity index (χ2v) is 6.66. The van der Waals surface area contributed by atoms with E-state index in [9.17, 15) is 4.79 Å². The molecule has 0 saturated carbocycles. The topological polar surface area (TPSA) is 41.1 Å². The molecule has 1 heterocycles. The fraction of sp³-hybridized carbons (Fsp3) is 0.611. The fourth-order valence-corrected chi connectivity index (χ4v) is 3.69. The third-order valence-electron chi connectivity index (χ3n) is 5.05. The lowest BCUT2D eigenvalue weighted by Crippen LogP contribution is -2.46. The summed E-state index contributed by atoms with van der Waals surface area (Å²) >= 11 is 0. The third-order valence-corrected chi connectivity index (χ3v) is 5.05. The summed E-state index contributed by atoms with van der Waals surface area (Å²) in [5.74, 6) is 0.821. The van der Waals surface area contributed by atoms with Crippen molar-refractivity contribution in [3.8, 4) is 0 Å². The van der Waals surface area contributed by atoms with E-state index in [1.54, 1.807) is 0 Å². The number of fused-ring (bicyclic) bond motifs is 1. The molecular weight excluding hydrogens is 260 g/mol. The van der Waals surface area contributed by atoms with E-state index in [-0.39, 0.29) is 5.91 Å². The summed E-state index contributed by atoms with van der Waals surface area (Å²) in [6, 6.07) is 9.27. The molecule has 114 valence electrons. The number of carbonyl (C=O) groups is 1. The van der Waals surface area contributed by atoms with E-state index in [0.29, 0.717) is 24.4 Å². The Bertz CT molecular complexity index is 500. The molecule has 2 aliphatic rings. The maximum Gasteiger partial charge on any atom is 0.221 e. The standard InChI is InChI=1S/C18H26N2O/c1-13-5-4-10-19-17(13)12-18(21)20-16-9-8-14-6-2-3-7-15(14)11-16/h2-3,6-7,13,16-17,19H,4-5,8-12H2,1H3,(H,20,21). The van der Waals surface area contributed by atoms with Gasteiger partial charge in [-0.15, -0.1) is 0 Å². The Morgan fingerprint density at radius 2 is 2.10 bits per heavy atom. The number of carbonyl (C=O) groups excluding carboxylic acids is 1. The minimum Gasteiger partial charge on any atom is -0.353 e. The van der Waals surface area contributed by atoms with E-state index in [4.69, 9.17) is 0 Å². The van der Waals surface area contributed by atoms with Crippen LogP contribution in [0.25, 0.3) is 0 Å². The highest BCUT2D eigenvalue weighted by Crippen LogP contribution is 2.22. The SMILES string of the molecule is CC1CCCNC1CC(=O)NC1CCc2ccccc2C1. The maximum absolute atomic E-state index is 12.3. The monoisotopic (exact) mass is 286 g/mol. The van der Waals surface area contributed by atoms with Crippen LogP contribution in [0.4, 0.5) is 0 Å². The summed E-state index contributed by atoms with van der Waals surface area (Å²) in [5, 5.41) is 6.74. The van der Waals surface area contributed by atoms with Crippen LogP contribution in [0.3, 0.4) is 0 Å². The molecule has 1 amide bonds. The van der Waals surface area contributed by atoms with Crippen LogP contribution in [0.2, 0.25) is 0 Å². The molecule has 2 N–H and O–H groups in total. The van der Waals surface area contributed by atoms with Crippen LogP contribution in [0.5, 0.6) is 0 Å². The molecule has 21 heavy (non-hydrogen) atoms. The number of piperidine rings is 1. The van der Waals surface area contributed by atoms with Gasteiger partial charge in [-0.05, 0) is 55.7 Å². The van der Waals surface area contributed by atoms with E-state index in [1.165, 1.54) is 24.0 Å². The molecule has 3 nitrogen and oxygen atoms in total. The second kappa shape index (κ2) is 6.61. The van der Waals surface area contributed by atoms with Crippen molar-refractivity contribution in [2.24, 2.45) is 5.92 Å². The van der Waals surface area contributed by atoms with Gasteiger partial charge >= 0.3 is 0 Å². The lowest BCUT2D eigenvalue weighted by molar-refractivity contribution is -0.122. The average Bonchev–Trinajstić information content (AvgIpc) is 2.49. The molecule has 1 aromatic carbocycles. The Morgan fingerprint density at radius 3 is 2.90 bits per heavy atom. The molecule has 3 rings (SSSR count). The number of rotatable bonds is 3. The van der Waals surface area contributed by atoms with E-state index in [1.807, 2.05) is 0 Å². The first-order valence-corrected chi connectivity index (χ1v) is 8.32. The van der Waals surface area contributed by atoms with Gasteiger partial charge < -0.3 is 10.6 Å². The lowest BCUT2D eigenvalue weighted by Gasteiger charge is -2.31. The highest BCUT2D eigenvalue weighted by atomic mass is 16.1. The lowest BCUT2D eigenvalue weighted by atomic mass is 9.87. The van der Waals surface area contributed by atoms with Crippen LogP contribution >= 0.6 is 0 Å². The van der Waals surface area contributed by atoms with Crippen molar-refractivity contribution in [3.63, 3.8) is 0 Å². The number of benzene rings is 1. The summed E-state index contributed by atoms with van der Waals surface area (Å²) in [4.78, 5) is 12.3. The van der Waals surface area contributed by atoms with Gasteiger partial charge in [-0.2, -0.15) is 0 Å². The highest BCUT2D eigenvalue weighted by molar-refractivity contribution is 5.77. The van der Waals surface area contributed by atoms with Crippen LogP contribution in [-0.4, -0.2) is 24.5 Å². The van der Waals surface area contributed by atoms with Crippen molar-refractivity contribution >= 4 is 5.91 Å². The minimum absolute atomic E-state index is 0.214. The van der Waals surface area contributed by atoms with Crippen molar-refractivity contribution in [2.45, 2.75) is 57.5 Å². The summed E-state index contributed by atoms with van der Waals surface area (Å²) in [5.41, 5.74) is 2.85. The molecule has 3 unspecified atom stereocenters. The molecule has 0 spiro atoms. The van der Waals surface area contributed by atoms with Gasteiger partial charge in [-0.1, -0.05) is 31.2 Å². The second-order valence-electron chi connectivity index (χ2n) is 6.66. The molecule has 1 aliphatic heterocycles. The minimum atomic E-state index is 0.214. The Labute approximate surface area is 127 Å². The van der Waals surface area contributed by atoms with Gasteiger partial charge in [0.2, 0.25) is 5.91 Å². The van der Waals surface area contributed by atoms with Gasteiger partial charge in [-0.25, -0.2) is 0 Å². The van der Waals surface area contributed by atoms with Crippen LogP contribution in [-0.2, 0) is 17.6 Å². The number of hydrogen-bond donors (Lipinski definition) is 2. The molecule has 1 fully saturated rings. The zero-order chi connectivity index (χ0) is 14.7. The molecule has 0 bridgehead atoms. The molecule has 0 aromatic heterocycles. The molecule has 1 saturated heterocycles. The number of hydrogen-bond acceptors (Lipinski definition) is 2. The van der Waals surface area contributed by atoms with E-state index >= 15 is 0 Å². The van der Waals surface area contributed by atoms with Crippen LogP contribution in [0, 0.1) is 5.92 Å². The van der Waals surface area contributed by atoms with E-state index in [2.05, 4.69) is 41.8 Å². The zero-order valence-corrected chi connectivity index (χ0v) is 12.9. The molecule has 1 aromatic rings. The van der Waals surface area contributed by atoms with Gasteiger partial charge in [0.15, 0.2) is 0 Å². The largest absolute Gasteiger partial charge is 0.353 e. The summed E-state index contributed by atoms with van der Waals surface area (Å²) in [7, 11) is 0. The van der Waals surface area contributed by atoms with Gasteiger partial charge in [-0.3, -0.25) is 4.79 Å². The molecular formula is C18H26N2O. The van der Waals surface area contributed by atoms with E-state index in [0.717, 1.165) is 25.8 Å². The van der Waals surface area contributed by atoms with Crippen molar-refractivity contribution in [3.05, 3.63) is 35.4 Å². The van der Waals surface area contributed by atoms with Gasteiger partial charge in [0.1, 0.15) is 0 Å². The first-order chi connectivity index (χ1) is 10.2. The number of nitrogens with one attached hydrogen (secondary N) is 2. The highest BCUT2D eigenvalue weighted by Gasteiger charge is 2.25. The summed E-state index contributed by atoms with van der Waals surface area (Å²) in [6.07, 6.45) is 6.23. The van der Waals surface area contributed by atoms with Gasteiger partial charge in [0.05, 0.1) is 0 Å². The first-order valence-electron chi connectivity index (χ1n) is 8.32. The number of amides is 1. The first kappa shape index (κ1) is 14.6. The van der Waals surface area contributed by atoms with Crippen molar-refractivity contribution in [2.75, 3.05) is 6.54 Å². The Morgan fingerprint density at radius 1 is 1.29 bits per heavy atom. The van der Waals surface area contributed by atoms with Gasteiger partial charge in [0, 0.05) is 18.5 Å². The molecule has 1 aliphatic carbocycles. The number of aryl methyl sites for hydroxylation is 1. The van der Waals surface area contributed by atoms with E-state index < -0.39 is 0 Å². The predicted octanol–water partition coefficient (Wildman–Crippen LogP) is 2.44. The normalized spacial score (nSPS) is 28.7. The quantitative estimate of drug-likeness (QED) is 0.896. The molecule has 0 radical (unpaired) electrons. The Balaban J connectivity index is 1.52. The Kier molecular flexibility index (Phi) is 4.59. The predicted molar refractivity (Wildman–Crippen MR) is 85.2 cm³/mol. The smallest absolute Gasteiger partial charge is 0.221 e. The van der Waals surface area contributed by atoms with Crippen LogP contribution < -0.4 is 10.6 Å². The van der Waals surface area contributed by atoms with Gasteiger partial charge in [0.25, 0.3) is 0 Å². The Hall–Kier alpha value is -1.35. The fourth-order valence-electron chi connectivity index (χ4n) is 3.69. The van der Waals surface area contributed by atoms with Crippen molar-refractivity contribution in [1.29, 1.82) is 0 Å². The zero-order valence-electron chi connectivity index (χ0n) is 12.9. The maximum atomic E-state index is 12.3. The summed E-state index contributed by atoms with van der Waals surface area (Å²) < 4.78 is 0. The summed E-state index contributed by atoms with van der Waals surface area (Å²) in [6.45, 7) is 3.31. The van der Waals surface area contributed by atoms with Crippen molar-refractivity contribution in [1.82, 2.24) is 10.6 Å². The third kappa shape index (κ3) is 3.65. The van der Waals surface area contributed by atoms with Crippen LogP contribution in [0.15, 0.2) is 24.3 Å². The van der Waals surface area contributed by atoms with Crippen LogP contribution in [0.1, 0.15) is 43.7 Å². The van der Waals surface area contributed by atoms with Crippen molar-refractivity contribution < 1.29 is 4.79 Å².